The Balaban J connectivity index is 2.20. The molecule has 0 radical (unpaired) electrons. The number of hydrogen-bond acceptors (Lipinski definition) is 4. The second-order valence-corrected chi connectivity index (χ2v) is 3.81. The summed E-state index contributed by atoms with van der Waals surface area (Å²) in [6, 6.07) is 2.11. The number of piperazine rings is 1. The fourth-order valence-electron chi connectivity index (χ4n) is 1.60. The van der Waals surface area contributed by atoms with E-state index in [1.54, 1.807) is 12.3 Å². The molecule has 1 fully saturated rings. The average Bonchev–Trinajstić information content (AvgIpc) is 2.18. The summed E-state index contributed by atoms with van der Waals surface area (Å²) in [6.45, 7) is 5.02. The molecule has 1 aliphatic heterocycles. The normalized spacial score (nSPS) is 22.4. The molecule has 1 unspecified atom stereocenters. The zero-order valence-corrected chi connectivity index (χ0v) is 8.83. The fraction of sp³-hybridized carbons (Fsp3) is 0.556. The Morgan fingerprint density at radius 2 is 2.50 bits per heavy atom. The Kier molecular flexibility index (Phi) is 2.84. The molecule has 4 nitrogen and oxygen atoms in total. The van der Waals surface area contributed by atoms with Crippen molar-refractivity contribution in [2.75, 3.05) is 24.5 Å². The third kappa shape index (κ3) is 1.96. The first-order chi connectivity index (χ1) is 6.77. The molecule has 0 amide bonds. The predicted molar refractivity (Wildman–Crippen MR) is 56.7 cm³/mol. The van der Waals surface area contributed by atoms with E-state index in [1.165, 1.54) is 0 Å². The number of anilines is 1. The lowest BCUT2D eigenvalue weighted by atomic mass is 10.2. The van der Waals surface area contributed by atoms with E-state index in [4.69, 9.17) is 11.6 Å². The Hall–Kier alpha value is -0.870. The molecule has 1 aliphatic rings. The Morgan fingerprint density at radius 1 is 1.64 bits per heavy atom. The van der Waals surface area contributed by atoms with Gasteiger partial charge in [0.2, 0.25) is 5.95 Å². The molecule has 76 valence electrons. The van der Waals surface area contributed by atoms with Crippen LogP contribution in [-0.4, -0.2) is 35.6 Å². The third-order valence-corrected chi connectivity index (χ3v) is 2.58. The lowest BCUT2D eigenvalue weighted by molar-refractivity contribution is 0.493. The van der Waals surface area contributed by atoms with Crippen molar-refractivity contribution < 1.29 is 0 Å². The molecule has 0 bridgehead atoms. The largest absolute Gasteiger partial charge is 0.336 e. The summed E-state index contributed by atoms with van der Waals surface area (Å²) < 4.78 is 0. The first-order valence-corrected chi connectivity index (χ1v) is 5.11. The highest BCUT2D eigenvalue weighted by atomic mass is 35.5. The standard InChI is InChI=1S/C9H13ClN4/c1-7-6-11-4-5-14(7)9-12-3-2-8(10)13-9/h2-3,7,11H,4-6H2,1H3. The number of aromatic nitrogens is 2. The van der Waals surface area contributed by atoms with Gasteiger partial charge in [-0.05, 0) is 13.0 Å². The van der Waals surface area contributed by atoms with Crippen LogP contribution >= 0.6 is 11.6 Å². The zero-order chi connectivity index (χ0) is 9.97. The topological polar surface area (TPSA) is 41.0 Å². The quantitative estimate of drug-likeness (QED) is 0.704. The van der Waals surface area contributed by atoms with Gasteiger partial charge in [-0.25, -0.2) is 9.97 Å². The average molecular weight is 213 g/mol. The molecule has 1 saturated heterocycles. The van der Waals surface area contributed by atoms with Crippen LogP contribution in [0.3, 0.4) is 0 Å². The molecular weight excluding hydrogens is 200 g/mol. The first kappa shape index (κ1) is 9.68. The van der Waals surface area contributed by atoms with Crippen molar-refractivity contribution in [3.05, 3.63) is 17.4 Å². The monoisotopic (exact) mass is 212 g/mol. The molecular formula is C9H13ClN4. The number of halogens is 1. The van der Waals surface area contributed by atoms with E-state index in [0.29, 0.717) is 11.2 Å². The molecule has 0 aliphatic carbocycles. The third-order valence-electron chi connectivity index (χ3n) is 2.37. The van der Waals surface area contributed by atoms with E-state index in [2.05, 4.69) is 27.1 Å². The summed E-state index contributed by atoms with van der Waals surface area (Å²) in [7, 11) is 0. The molecule has 0 spiro atoms. The van der Waals surface area contributed by atoms with Crippen LogP contribution in [-0.2, 0) is 0 Å². The zero-order valence-electron chi connectivity index (χ0n) is 8.07. The van der Waals surface area contributed by atoms with Gasteiger partial charge in [0.25, 0.3) is 0 Å². The Morgan fingerprint density at radius 3 is 3.21 bits per heavy atom. The molecule has 1 aromatic rings. The van der Waals surface area contributed by atoms with Gasteiger partial charge in [-0.3, -0.25) is 0 Å². The van der Waals surface area contributed by atoms with Crippen LogP contribution in [0.2, 0.25) is 5.15 Å². The second-order valence-electron chi connectivity index (χ2n) is 3.43. The summed E-state index contributed by atoms with van der Waals surface area (Å²) in [5.74, 6) is 0.728. The van der Waals surface area contributed by atoms with E-state index in [1.807, 2.05) is 0 Å². The van der Waals surface area contributed by atoms with Gasteiger partial charge in [0.15, 0.2) is 0 Å². The minimum Gasteiger partial charge on any atom is -0.336 e. The first-order valence-electron chi connectivity index (χ1n) is 4.73. The van der Waals surface area contributed by atoms with Gasteiger partial charge in [-0.15, -0.1) is 0 Å². The summed E-state index contributed by atoms with van der Waals surface area (Å²) in [6.07, 6.45) is 1.69. The number of nitrogens with zero attached hydrogens (tertiary/aromatic N) is 3. The summed E-state index contributed by atoms with van der Waals surface area (Å²) in [5, 5.41) is 3.82. The van der Waals surface area contributed by atoms with Crippen molar-refractivity contribution in [2.45, 2.75) is 13.0 Å². The van der Waals surface area contributed by atoms with E-state index < -0.39 is 0 Å². The molecule has 2 rings (SSSR count). The van der Waals surface area contributed by atoms with Crippen molar-refractivity contribution in [1.29, 1.82) is 0 Å². The molecule has 0 saturated carbocycles. The molecule has 14 heavy (non-hydrogen) atoms. The molecule has 2 heterocycles. The SMILES string of the molecule is CC1CNCCN1c1nccc(Cl)n1. The highest BCUT2D eigenvalue weighted by molar-refractivity contribution is 6.29. The van der Waals surface area contributed by atoms with E-state index in [9.17, 15) is 0 Å². The summed E-state index contributed by atoms with van der Waals surface area (Å²) >= 11 is 5.82. The minimum atomic E-state index is 0.419. The van der Waals surface area contributed by atoms with Gasteiger partial charge in [-0.2, -0.15) is 0 Å². The van der Waals surface area contributed by atoms with Crippen molar-refractivity contribution in [1.82, 2.24) is 15.3 Å². The van der Waals surface area contributed by atoms with Crippen LogP contribution in [0, 0.1) is 0 Å². The fourth-order valence-corrected chi connectivity index (χ4v) is 1.74. The summed E-state index contributed by atoms with van der Waals surface area (Å²) in [4.78, 5) is 10.6. The molecule has 5 heteroatoms. The van der Waals surface area contributed by atoms with Crippen molar-refractivity contribution in [2.24, 2.45) is 0 Å². The maximum atomic E-state index is 5.82. The molecule has 1 atom stereocenters. The number of rotatable bonds is 1. The van der Waals surface area contributed by atoms with E-state index in [0.717, 1.165) is 25.6 Å². The van der Waals surface area contributed by atoms with E-state index >= 15 is 0 Å². The molecule has 1 aromatic heterocycles. The maximum Gasteiger partial charge on any atom is 0.227 e. The smallest absolute Gasteiger partial charge is 0.227 e. The van der Waals surface area contributed by atoms with Crippen molar-refractivity contribution >= 4 is 17.5 Å². The molecule has 0 aromatic carbocycles. The van der Waals surface area contributed by atoms with Gasteiger partial charge in [0, 0.05) is 31.9 Å². The minimum absolute atomic E-state index is 0.419. The van der Waals surface area contributed by atoms with Crippen molar-refractivity contribution in [3.8, 4) is 0 Å². The van der Waals surface area contributed by atoms with Crippen LogP contribution in [0.25, 0.3) is 0 Å². The number of hydrogen-bond donors (Lipinski definition) is 1. The highest BCUT2D eigenvalue weighted by Gasteiger charge is 2.20. The predicted octanol–water partition coefficient (Wildman–Crippen LogP) is 0.928. The summed E-state index contributed by atoms with van der Waals surface area (Å²) in [5.41, 5.74) is 0. The van der Waals surface area contributed by atoms with Crippen molar-refractivity contribution in [3.63, 3.8) is 0 Å². The van der Waals surface area contributed by atoms with Gasteiger partial charge >= 0.3 is 0 Å². The highest BCUT2D eigenvalue weighted by Crippen LogP contribution is 2.14. The van der Waals surface area contributed by atoms with Crippen LogP contribution in [0.4, 0.5) is 5.95 Å². The van der Waals surface area contributed by atoms with Gasteiger partial charge < -0.3 is 10.2 Å². The maximum absolute atomic E-state index is 5.82. The van der Waals surface area contributed by atoms with Crippen LogP contribution in [0.15, 0.2) is 12.3 Å². The van der Waals surface area contributed by atoms with Gasteiger partial charge in [0.1, 0.15) is 5.15 Å². The van der Waals surface area contributed by atoms with Crippen LogP contribution in [0.5, 0.6) is 0 Å². The number of nitrogens with one attached hydrogen (secondary N) is 1. The van der Waals surface area contributed by atoms with Gasteiger partial charge in [0.05, 0.1) is 0 Å². The lowest BCUT2D eigenvalue weighted by Gasteiger charge is -2.33. The van der Waals surface area contributed by atoms with Crippen LogP contribution in [0.1, 0.15) is 6.92 Å². The van der Waals surface area contributed by atoms with E-state index in [-0.39, 0.29) is 0 Å². The molecule has 1 N–H and O–H groups in total. The van der Waals surface area contributed by atoms with Gasteiger partial charge in [-0.1, -0.05) is 11.6 Å². The van der Waals surface area contributed by atoms with Crippen LogP contribution < -0.4 is 10.2 Å². The lowest BCUT2D eigenvalue weighted by Crippen LogP contribution is -2.50. The second kappa shape index (κ2) is 4.11. The Bertz CT molecular complexity index is 317. The Labute approximate surface area is 88.3 Å².